The van der Waals surface area contributed by atoms with Crippen molar-refractivity contribution in [3.8, 4) is 0 Å². The molecule has 0 heterocycles. The lowest BCUT2D eigenvalue weighted by molar-refractivity contribution is 0.611. The molecule has 0 spiro atoms. The number of nitrogens with zero attached hydrogens (tertiary/aromatic N) is 1. The van der Waals surface area contributed by atoms with Gasteiger partial charge in [-0.25, -0.2) is 4.21 Å². The Morgan fingerprint density at radius 1 is 1.18 bits per heavy atom. The fraction of sp³-hybridized carbons (Fsp3) is 1.00. The maximum atomic E-state index is 11.3. The minimum absolute atomic E-state index is 0.204. The summed E-state index contributed by atoms with van der Waals surface area (Å²) in [7, 11) is -1.80. The van der Waals surface area contributed by atoms with Crippen LogP contribution in [0, 0.1) is 0 Å². The van der Waals surface area contributed by atoms with E-state index in [1.807, 2.05) is 0 Å². The van der Waals surface area contributed by atoms with Crippen LogP contribution in [0.3, 0.4) is 0 Å². The number of hydrogen-bond acceptors (Lipinski definition) is 3. The zero-order valence-electron chi connectivity index (χ0n) is 6.28. The lowest BCUT2D eigenvalue weighted by atomic mass is 11.0. The van der Waals surface area contributed by atoms with E-state index >= 15 is 0 Å². The summed E-state index contributed by atoms with van der Waals surface area (Å²) >= 11 is 0. The van der Waals surface area contributed by atoms with E-state index in [0.717, 1.165) is 0 Å². The van der Waals surface area contributed by atoms with Crippen LogP contribution >= 0.6 is 10.7 Å². The summed E-state index contributed by atoms with van der Waals surface area (Å²) in [6.07, 6.45) is 0. The predicted molar refractivity (Wildman–Crippen MR) is 46.4 cm³/mol. The molecule has 0 saturated heterocycles. The molecule has 0 aliphatic heterocycles. The Kier molecular flexibility index (Phi) is 3.79. The molecule has 0 aliphatic carbocycles. The van der Waals surface area contributed by atoms with Gasteiger partial charge in [-0.2, -0.15) is 8.42 Å². The maximum absolute atomic E-state index is 11.3. The fourth-order valence-corrected chi connectivity index (χ4v) is 3.95. The summed E-state index contributed by atoms with van der Waals surface area (Å²) in [4.78, 5) is 0. The van der Waals surface area contributed by atoms with Gasteiger partial charge in [0.2, 0.25) is 0 Å². The predicted octanol–water partition coefficient (Wildman–Crippen LogP) is 0.978. The summed E-state index contributed by atoms with van der Waals surface area (Å²) < 4.78 is 35.1. The standard InChI is InChI=1S/C4H10ClNO3S2/c1-3-10(7,4-2)6-11(5,8)9/h3-4H2,1-2H3. The Balaban J connectivity index is 5.11. The van der Waals surface area contributed by atoms with Gasteiger partial charge in [0.25, 0.3) is 0 Å². The minimum atomic E-state index is -3.98. The van der Waals surface area contributed by atoms with Gasteiger partial charge >= 0.3 is 9.24 Å². The van der Waals surface area contributed by atoms with Gasteiger partial charge in [0.05, 0.1) is 9.73 Å². The molecule has 4 nitrogen and oxygen atoms in total. The van der Waals surface area contributed by atoms with E-state index < -0.39 is 19.0 Å². The van der Waals surface area contributed by atoms with Crippen LogP contribution in [0.2, 0.25) is 0 Å². The van der Waals surface area contributed by atoms with Gasteiger partial charge in [-0.1, -0.05) is 17.6 Å². The molecule has 0 aromatic rings. The first-order valence-corrected chi connectivity index (χ1v) is 7.13. The van der Waals surface area contributed by atoms with Gasteiger partial charge in [0.1, 0.15) is 0 Å². The second-order valence-electron chi connectivity index (χ2n) is 1.84. The lowest BCUT2D eigenvalue weighted by Crippen LogP contribution is -2.07. The first-order valence-electron chi connectivity index (χ1n) is 3.01. The molecule has 0 amide bonds. The van der Waals surface area contributed by atoms with Crippen molar-refractivity contribution in [2.24, 2.45) is 3.77 Å². The number of hydrogen-bond donors (Lipinski definition) is 0. The van der Waals surface area contributed by atoms with Crippen LogP contribution in [0.25, 0.3) is 0 Å². The minimum Gasteiger partial charge on any atom is -0.249 e. The highest BCUT2D eigenvalue weighted by Gasteiger charge is 2.09. The van der Waals surface area contributed by atoms with Gasteiger partial charge in [-0.15, -0.1) is 0 Å². The number of rotatable bonds is 3. The Morgan fingerprint density at radius 3 is 1.64 bits per heavy atom. The van der Waals surface area contributed by atoms with Crippen LogP contribution in [0.4, 0.5) is 0 Å². The van der Waals surface area contributed by atoms with Crippen LogP contribution in [0.1, 0.15) is 13.8 Å². The monoisotopic (exact) mass is 219 g/mol. The molecule has 0 aromatic heterocycles. The number of halogens is 1. The Labute approximate surface area is 71.7 Å². The molecule has 7 heteroatoms. The SMILES string of the molecule is CCS(=O)(CC)=NS(=O)(=O)Cl. The van der Waals surface area contributed by atoms with E-state index in [-0.39, 0.29) is 11.5 Å². The highest BCUT2D eigenvalue weighted by atomic mass is 35.7. The van der Waals surface area contributed by atoms with Crippen LogP contribution in [0.15, 0.2) is 3.77 Å². The Morgan fingerprint density at radius 2 is 1.55 bits per heavy atom. The third-order valence-corrected chi connectivity index (χ3v) is 5.24. The van der Waals surface area contributed by atoms with Crippen molar-refractivity contribution in [3.63, 3.8) is 0 Å². The molecule has 0 bridgehead atoms. The zero-order chi connectivity index (χ0) is 9.12. The van der Waals surface area contributed by atoms with E-state index in [1.165, 1.54) is 0 Å². The molecule has 68 valence electrons. The first-order chi connectivity index (χ1) is 4.83. The van der Waals surface area contributed by atoms with E-state index in [9.17, 15) is 12.6 Å². The summed E-state index contributed by atoms with van der Waals surface area (Å²) in [5.41, 5.74) is 0. The molecule has 0 atom stereocenters. The average Bonchev–Trinajstić information content (AvgIpc) is 1.84. The van der Waals surface area contributed by atoms with Crippen molar-refractivity contribution in [1.29, 1.82) is 0 Å². The zero-order valence-corrected chi connectivity index (χ0v) is 8.67. The fourth-order valence-electron chi connectivity index (χ4n) is 0.472. The Hall–Kier alpha value is 0.190. The molecular formula is C4H10ClNO3S2. The van der Waals surface area contributed by atoms with Crippen molar-refractivity contribution in [2.45, 2.75) is 13.8 Å². The van der Waals surface area contributed by atoms with Gasteiger partial charge in [0.15, 0.2) is 0 Å². The van der Waals surface area contributed by atoms with E-state index in [2.05, 4.69) is 3.77 Å². The summed E-state index contributed by atoms with van der Waals surface area (Å²) in [5, 5.41) is 0. The Bertz CT molecular complexity index is 315. The second-order valence-corrected chi connectivity index (χ2v) is 7.13. The first kappa shape index (κ1) is 11.2. The van der Waals surface area contributed by atoms with Crippen molar-refractivity contribution >= 4 is 29.6 Å². The van der Waals surface area contributed by atoms with Gasteiger partial charge in [0, 0.05) is 22.2 Å². The molecule has 0 radical (unpaired) electrons. The molecule has 0 N–H and O–H groups in total. The molecule has 0 saturated carbocycles. The van der Waals surface area contributed by atoms with Crippen LogP contribution in [-0.4, -0.2) is 24.1 Å². The summed E-state index contributed by atoms with van der Waals surface area (Å²) in [6.45, 7) is 3.22. The molecular weight excluding hydrogens is 210 g/mol. The smallest absolute Gasteiger partial charge is 0.249 e. The topological polar surface area (TPSA) is 63.6 Å². The molecule has 0 unspecified atom stereocenters. The van der Waals surface area contributed by atoms with Crippen molar-refractivity contribution < 1.29 is 12.6 Å². The van der Waals surface area contributed by atoms with Crippen molar-refractivity contribution in [3.05, 3.63) is 0 Å². The maximum Gasteiger partial charge on any atom is 0.347 e. The van der Waals surface area contributed by atoms with E-state index in [1.54, 1.807) is 13.8 Å². The molecule has 11 heavy (non-hydrogen) atoms. The van der Waals surface area contributed by atoms with Crippen LogP contribution < -0.4 is 0 Å². The van der Waals surface area contributed by atoms with Gasteiger partial charge in [-0.05, 0) is 0 Å². The molecule has 0 aliphatic rings. The lowest BCUT2D eigenvalue weighted by Gasteiger charge is -1.99. The normalized spacial score (nSPS) is 13.0. The van der Waals surface area contributed by atoms with Gasteiger partial charge in [-0.3, -0.25) is 0 Å². The quantitative estimate of drug-likeness (QED) is 0.665. The van der Waals surface area contributed by atoms with E-state index in [4.69, 9.17) is 10.7 Å². The highest BCUT2D eigenvalue weighted by molar-refractivity contribution is 8.17. The average molecular weight is 220 g/mol. The van der Waals surface area contributed by atoms with Crippen LogP contribution in [0.5, 0.6) is 0 Å². The third-order valence-electron chi connectivity index (χ3n) is 1.13. The third kappa shape index (κ3) is 4.60. The molecule has 0 fully saturated rings. The summed E-state index contributed by atoms with van der Waals surface area (Å²) in [6, 6.07) is 0. The van der Waals surface area contributed by atoms with Crippen molar-refractivity contribution in [1.82, 2.24) is 0 Å². The largest absolute Gasteiger partial charge is 0.347 e. The van der Waals surface area contributed by atoms with Gasteiger partial charge < -0.3 is 0 Å². The second kappa shape index (κ2) is 3.73. The summed E-state index contributed by atoms with van der Waals surface area (Å²) in [5.74, 6) is 0.408. The molecule has 0 aromatic carbocycles. The van der Waals surface area contributed by atoms with Crippen LogP contribution in [-0.2, 0) is 19.0 Å². The molecule has 0 rings (SSSR count). The van der Waals surface area contributed by atoms with E-state index in [0.29, 0.717) is 0 Å². The van der Waals surface area contributed by atoms with Crippen molar-refractivity contribution in [2.75, 3.05) is 11.5 Å². The highest BCUT2D eigenvalue weighted by Crippen LogP contribution is 2.05.